The lowest BCUT2D eigenvalue weighted by molar-refractivity contribution is -0.129. The van der Waals surface area contributed by atoms with Gasteiger partial charge in [0.2, 0.25) is 5.91 Å². The van der Waals surface area contributed by atoms with Gasteiger partial charge in [0.05, 0.1) is 11.7 Å². The van der Waals surface area contributed by atoms with Gasteiger partial charge in [0.15, 0.2) is 5.82 Å². The lowest BCUT2D eigenvalue weighted by Gasteiger charge is -2.31. The molecule has 32 heavy (non-hydrogen) atoms. The summed E-state index contributed by atoms with van der Waals surface area (Å²) in [5, 5.41) is 4.20. The topological polar surface area (TPSA) is 77.2 Å². The number of likely N-dealkylation sites (tertiary alicyclic amines) is 1. The molecule has 0 spiro atoms. The van der Waals surface area contributed by atoms with Crippen LogP contribution in [-0.2, 0) is 24.3 Å². The van der Waals surface area contributed by atoms with Gasteiger partial charge >= 0.3 is 0 Å². The zero-order chi connectivity index (χ0) is 22.4. The van der Waals surface area contributed by atoms with E-state index < -0.39 is 0 Å². The third-order valence-electron chi connectivity index (χ3n) is 6.81. The molecule has 0 saturated carbocycles. The highest BCUT2D eigenvalue weighted by atomic mass is 19.1. The van der Waals surface area contributed by atoms with Gasteiger partial charge in [0.1, 0.15) is 11.6 Å². The molecule has 1 saturated heterocycles. The molecule has 1 unspecified atom stereocenters. The number of carbonyl (C=O) groups is 1. The minimum absolute atomic E-state index is 0.0355. The van der Waals surface area contributed by atoms with Crippen LogP contribution in [0.25, 0.3) is 10.9 Å². The highest BCUT2D eigenvalue weighted by molar-refractivity contribution is 5.84. The van der Waals surface area contributed by atoms with Crippen LogP contribution >= 0.6 is 0 Å². The summed E-state index contributed by atoms with van der Waals surface area (Å²) >= 11 is 0. The van der Waals surface area contributed by atoms with Gasteiger partial charge in [0, 0.05) is 68.7 Å². The van der Waals surface area contributed by atoms with Gasteiger partial charge < -0.3 is 15.2 Å². The van der Waals surface area contributed by atoms with E-state index in [1.54, 1.807) is 19.1 Å². The Hall–Kier alpha value is -3.00. The van der Waals surface area contributed by atoms with Gasteiger partial charge in [-0.1, -0.05) is 0 Å². The van der Waals surface area contributed by atoms with Gasteiger partial charge in [0.25, 0.3) is 0 Å². The first-order valence-electron chi connectivity index (χ1n) is 11.3. The zero-order valence-electron chi connectivity index (χ0n) is 18.8. The molecule has 3 aromatic rings. The van der Waals surface area contributed by atoms with Crippen LogP contribution in [0.3, 0.4) is 0 Å². The molecule has 0 aliphatic carbocycles. The number of fused-ring (bicyclic) bond motifs is 2. The summed E-state index contributed by atoms with van der Waals surface area (Å²) in [5.74, 6) is 1.45. The Morgan fingerprint density at radius 3 is 2.94 bits per heavy atom. The first-order chi connectivity index (χ1) is 15.4. The molecule has 2 aliphatic heterocycles. The number of nitrogens with zero attached hydrogens (tertiary/aromatic N) is 4. The number of H-pyrrole nitrogens is 1. The third kappa shape index (κ3) is 3.62. The summed E-state index contributed by atoms with van der Waals surface area (Å²) in [6.45, 7) is 6.77. The molecule has 8 heteroatoms. The van der Waals surface area contributed by atoms with Crippen LogP contribution < -0.4 is 5.32 Å². The minimum atomic E-state index is -0.216. The van der Waals surface area contributed by atoms with Crippen LogP contribution in [0.15, 0.2) is 18.2 Å². The van der Waals surface area contributed by atoms with E-state index in [0.717, 1.165) is 90.5 Å². The number of nitrogens with one attached hydrogen (secondary N) is 2. The van der Waals surface area contributed by atoms with E-state index in [1.165, 1.54) is 6.07 Å². The molecule has 1 fully saturated rings. The van der Waals surface area contributed by atoms with Crippen molar-refractivity contribution in [1.29, 1.82) is 0 Å². The van der Waals surface area contributed by atoms with Crippen LogP contribution in [0.1, 0.15) is 54.1 Å². The molecule has 0 radical (unpaired) electrons. The number of hydrogen-bond acceptors (Lipinski definition) is 5. The molecule has 0 bridgehead atoms. The van der Waals surface area contributed by atoms with E-state index in [-0.39, 0.29) is 17.8 Å². The monoisotopic (exact) mass is 436 g/mol. The van der Waals surface area contributed by atoms with E-state index in [4.69, 9.17) is 9.97 Å². The highest BCUT2D eigenvalue weighted by Gasteiger charge is 2.32. The first kappa shape index (κ1) is 20.9. The lowest BCUT2D eigenvalue weighted by atomic mass is 10.0. The van der Waals surface area contributed by atoms with E-state index in [0.29, 0.717) is 0 Å². The number of anilines is 1. The molecule has 4 heterocycles. The maximum atomic E-state index is 13.9. The number of benzene rings is 1. The third-order valence-corrected chi connectivity index (χ3v) is 6.81. The summed E-state index contributed by atoms with van der Waals surface area (Å²) in [7, 11) is 1.88. The van der Waals surface area contributed by atoms with Crippen LogP contribution in [-0.4, -0.2) is 50.8 Å². The maximum absolute atomic E-state index is 13.9. The van der Waals surface area contributed by atoms with E-state index in [2.05, 4.69) is 15.2 Å². The smallest absolute Gasteiger partial charge is 0.220 e. The Labute approximate surface area is 187 Å². The fourth-order valence-electron chi connectivity index (χ4n) is 5.17. The van der Waals surface area contributed by atoms with Crippen LogP contribution in [0.5, 0.6) is 0 Å². The second kappa shape index (κ2) is 8.16. The van der Waals surface area contributed by atoms with Crippen molar-refractivity contribution < 1.29 is 9.18 Å². The fraction of sp³-hybridized carbons (Fsp3) is 0.458. The molecular formula is C24H29FN6O. The quantitative estimate of drug-likeness (QED) is 0.652. The molecule has 1 atom stereocenters. The van der Waals surface area contributed by atoms with Gasteiger partial charge in [-0.25, -0.2) is 14.4 Å². The standard InChI is InChI=1S/C24H29FN6O/c1-14-18(17-11-16(25)6-7-20(17)27-14)12-30-10-8-21-19(13-30)23(26-3)29-24(28-21)22-5-4-9-31(22)15(2)32/h6-7,11,22,27H,4-5,8-10,12-13H2,1-3H3,(H,26,28,29). The number of rotatable bonds is 4. The van der Waals surface area contributed by atoms with Crippen LogP contribution in [0.4, 0.5) is 10.2 Å². The number of carbonyl (C=O) groups excluding carboxylic acids is 1. The van der Waals surface area contributed by atoms with Crippen molar-refractivity contribution in [1.82, 2.24) is 24.8 Å². The average molecular weight is 437 g/mol. The molecule has 7 nitrogen and oxygen atoms in total. The SMILES string of the molecule is CNc1nc(C2CCCN2C(C)=O)nc2c1CN(Cc1c(C)[nH]c3ccc(F)cc13)CC2. The normalized spacial score (nSPS) is 18.9. The molecule has 2 aliphatic rings. The number of aryl methyl sites for hydroxylation is 1. The Kier molecular flexibility index (Phi) is 5.33. The molecule has 2 N–H and O–H groups in total. The maximum Gasteiger partial charge on any atom is 0.220 e. The number of hydrogen-bond donors (Lipinski definition) is 2. The predicted octanol–water partition coefficient (Wildman–Crippen LogP) is 3.69. The van der Waals surface area contributed by atoms with Crippen molar-refractivity contribution in [3.63, 3.8) is 0 Å². The average Bonchev–Trinajstić information content (AvgIpc) is 3.38. The van der Waals surface area contributed by atoms with Gasteiger partial charge in [-0.05, 0) is 43.5 Å². The Balaban J connectivity index is 1.42. The van der Waals surface area contributed by atoms with E-state index in [9.17, 15) is 9.18 Å². The largest absolute Gasteiger partial charge is 0.373 e. The molecule has 1 aromatic carbocycles. The summed E-state index contributed by atoms with van der Waals surface area (Å²) in [4.78, 5) is 29.4. The molecule has 168 valence electrons. The second-order valence-electron chi connectivity index (χ2n) is 8.86. The molecule has 2 aromatic heterocycles. The van der Waals surface area contributed by atoms with Crippen LogP contribution in [0, 0.1) is 12.7 Å². The first-order valence-corrected chi connectivity index (χ1v) is 11.3. The van der Waals surface area contributed by atoms with Crippen molar-refractivity contribution in [2.45, 2.75) is 52.2 Å². The molecule has 1 amide bonds. The minimum Gasteiger partial charge on any atom is -0.373 e. The Morgan fingerprint density at radius 1 is 1.31 bits per heavy atom. The van der Waals surface area contributed by atoms with Crippen molar-refractivity contribution in [2.24, 2.45) is 0 Å². The predicted molar refractivity (Wildman–Crippen MR) is 122 cm³/mol. The summed E-state index contributed by atoms with van der Waals surface area (Å²) < 4.78 is 13.9. The van der Waals surface area contributed by atoms with Gasteiger partial charge in [-0.2, -0.15) is 0 Å². The van der Waals surface area contributed by atoms with Crippen LogP contribution in [0.2, 0.25) is 0 Å². The van der Waals surface area contributed by atoms with Crippen molar-refractivity contribution in [2.75, 3.05) is 25.5 Å². The van der Waals surface area contributed by atoms with E-state index >= 15 is 0 Å². The highest BCUT2D eigenvalue weighted by Crippen LogP contribution is 2.34. The number of aromatic nitrogens is 3. The van der Waals surface area contributed by atoms with Crippen molar-refractivity contribution >= 4 is 22.6 Å². The number of halogens is 1. The second-order valence-corrected chi connectivity index (χ2v) is 8.86. The summed E-state index contributed by atoms with van der Waals surface area (Å²) in [6.07, 6.45) is 2.71. The number of aromatic amines is 1. The van der Waals surface area contributed by atoms with Crippen molar-refractivity contribution in [3.05, 3.63) is 52.4 Å². The molecular weight excluding hydrogens is 407 g/mol. The fourth-order valence-corrected chi connectivity index (χ4v) is 5.17. The zero-order valence-corrected chi connectivity index (χ0v) is 18.8. The Morgan fingerprint density at radius 2 is 2.16 bits per heavy atom. The summed E-state index contributed by atoms with van der Waals surface area (Å²) in [5.41, 5.74) is 5.34. The lowest BCUT2D eigenvalue weighted by Crippen LogP contribution is -2.33. The van der Waals surface area contributed by atoms with E-state index in [1.807, 2.05) is 18.9 Å². The van der Waals surface area contributed by atoms with Gasteiger partial charge in [-0.3, -0.25) is 9.69 Å². The summed E-state index contributed by atoms with van der Waals surface area (Å²) in [6, 6.07) is 4.87. The Bertz CT molecular complexity index is 1170. The van der Waals surface area contributed by atoms with Crippen molar-refractivity contribution in [3.8, 4) is 0 Å². The molecule has 5 rings (SSSR count). The number of amides is 1. The van der Waals surface area contributed by atoms with Gasteiger partial charge in [-0.15, -0.1) is 0 Å².